The minimum Gasteiger partial charge on any atom is -0.385 e. The van der Waals surface area contributed by atoms with Crippen LogP contribution in [0, 0.1) is 15.5 Å². The summed E-state index contributed by atoms with van der Waals surface area (Å²) in [5.41, 5.74) is 4.85. The van der Waals surface area contributed by atoms with Gasteiger partial charge in [0.15, 0.2) is 0 Å². The molecule has 0 fully saturated rings. The molecule has 0 unspecified atom stereocenters. The van der Waals surface area contributed by atoms with Gasteiger partial charge >= 0.3 is 0 Å². The molecule has 0 aliphatic heterocycles. The first-order valence-corrected chi connectivity index (χ1v) is 6.44. The Morgan fingerprint density at radius 1 is 1.57 bits per heavy atom. The summed E-state index contributed by atoms with van der Waals surface area (Å²) in [4.78, 5) is 26.0. The van der Waals surface area contributed by atoms with Gasteiger partial charge in [-0.25, -0.2) is 4.98 Å². The Hall–Kier alpha value is -2.22. The smallest absolute Gasteiger partial charge is 0.300 e. The first-order chi connectivity index (χ1) is 9.76. The lowest BCUT2D eigenvalue weighted by Crippen LogP contribution is -2.35. The van der Waals surface area contributed by atoms with Gasteiger partial charge in [-0.15, -0.1) is 0 Å². The molecule has 0 saturated carbocycles. The van der Waals surface area contributed by atoms with E-state index in [4.69, 9.17) is 10.5 Å². The van der Waals surface area contributed by atoms with Crippen LogP contribution in [0.15, 0.2) is 12.3 Å². The van der Waals surface area contributed by atoms with Gasteiger partial charge in [0.2, 0.25) is 0 Å². The Labute approximate surface area is 122 Å². The van der Waals surface area contributed by atoms with Crippen LogP contribution in [0.25, 0.3) is 0 Å². The summed E-state index contributed by atoms with van der Waals surface area (Å²) in [7, 11) is 1.61. The van der Waals surface area contributed by atoms with Crippen LogP contribution >= 0.6 is 0 Å². The van der Waals surface area contributed by atoms with Crippen molar-refractivity contribution in [1.29, 1.82) is 0 Å². The Kier molecular flexibility index (Phi) is 5.60. The number of anilines is 1. The molecule has 8 heteroatoms. The molecule has 0 bridgehead atoms. The topological polar surface area (TPSA) is 120 Å². The molecule has 21 heavy (non-hydrogen) atoms. The molecule has 1 rings (SSSR count). The minimum absolute atomic E-state index is 0.0596. The summed E-state index contributed by atoms with van der Waals surface area (Å²) in [6, 6.07) is 1.20. The van der Waals surface area contributed by atoms with Crippen molar-refractivity contribution in [2.45, 2.75) is 20.3 Å². The zero-order valence-corrected chi connectivity index (χ0v) is 12.4. The van der Waals surface area contributed by atoms with E-state index in [0.717, 1.165) is 12.6 Å². The average molecular weight is 296 g/mol. The molecule has 8 nitrogen and oxygen atoms in total. The number of rotatable bonds is 7. The summed E-state index contributed by atoms with van der Waals surface area (Å²) in [6.45, 7) is 4.89. The van der Waals surface area contributed by atoms with Crippen LogP contribution in [0.3, 0.4) is 0 Å². The maximum atomic E-state index is 12.1. The van der Waals surface area contributed by atoms with Crippen molar-refractivity contribution in [3.05, 3.63) is 27.9 Å². The van der Waals surface area contributed by atoms with Crippen LogP contribution in [0.5, 0.6) is 0 Å². The fourth-order valence-electron chi connectivity index (χ4n) is 1.67. The first kappa shape index (κ1) is 16.8. The third-order valence-electron chi connectivity index (χ3n) is 3.06. The molecule has 0 spiro atoms. The summed E-state index contributed by atoms with van der Waals surface area (Å²) in [5.74, 6) is -0.481. The molecular weight excluding hydrogens is 276 g/mol. The molecule has 0 radical (unpaired) electrons. The molecule has 0 aliphatic carbocycles. The number of nitrogens with zero attached hydrogens (tertiary/aromatic N) is 2. The second-order valence-electron chi connectivity index (χ2n) is 5.47. The average Bonchev–Trinajstić information content (AvgIpc) is 2.42. The molecule has 0 aliphatic rings. The number of hydrogen-bond donors (Lipinski definition) is 2. The Bertz CT molecular complexity index is 531. The van der Waals surface area contributed by atoms with Crippen molar-refractivity contribution in [2.75, 3.05) is 26.0 Å². The van der Waals surface area contributed by atoms with Crippen LogP contribution in [0.2, 0.25) is 0 Å². The number of pyridine rings is 1. The molecule has 1 amide bonds. The summed E-state index contributed by atoms with van der Waals surface area (Å²) in [6.07, 6.45) is 1.74. The molecule has 0 aromatic carbocycles. The Morgan fingerprint density at radius 2 is 2.24 bits per heavy atom. The third-order valence-corrected chi connectivity index (χ3v) is 3.06. The zero-order chi connectivity index (χ0) is 16.0. The minimum atomic E-state index is -0.655. The number of hydrogen-bond acceptors (Lipinski definition) is 6. The first-order valence-electron chi connectivity index (χ1n) is 6.44. The van der Waals surface area contributed by atoms with Crippen molar-refractivity contribution >= 4 is 17.4 Å². The lowest BCUT2D eigenvalue weighted by Gasteiger charge is -2.24. The molecular formula is C13H20N4O4. The number of methoxy groups -OCH3 is 1. The number of nitrogens with one attached hydrogen (secondary N) is 1. The maximum absolute atomic E-state index is 12.1. The quantitative estimate of drug-likeness (QED) is 0.579. The van der Waals surface area contributed by atoms with Crippen molar-refractivity contribution in [3.8, 4) is 0 Å². The molecule has 1 aromatic heterocycles. The van der Waals surface area contributed by atoms with Crippen LogP contribution in [-0.4, -0.2) is 36.1 Å². The second kappa shape index (κ2) is 6.98. The Morgan fingerprint density at radius 3 is 2.81 bits per heavy atom. The molecule has 1 heterocycles. The highest BCUT2D eigenvalue weighted by molar-refractivity contribution is 5.98. The number of aromatic nitrogens is 1. The number of nitro groups is 1. The van der Waals surface area contributed by atoms with E-state index in [1.54, 1.807) is 7.11 Å². The van der Waals surface area contributed by atoms with Crippen molar-refractivity contribution in [2.24, 2.45) is 5.41 Å². The van der Waals surface area contributed by atoms with Crippen LogP contribution < -0.4 is 11.1 Å². The summed E-state index contributed by atoms with van der Waals surface area (Å²) >= 11 is 0. The molecule has 3 N–H and O–H groups in total. The van der Waals surface area contributed by atoms with Gasteiger partial charge in [-0.3, -0.25) is 14.9 Å². The number of nitrogens with two attached hydrogens (primary N) is 1. The van der Waals surface area contributed by atoms with E-state index in [-0.39, 0.29) is 22.5 Å². The van der Waals surface area contributed by atoms with Gasteiger partial charge in [-0.05, 0) is 17.9 Å². The Balaban J connectivity index is 2.80. The normalized spacial score (nSPS) is 11.2. The maximum Gasteiger partial charge on any atom is 0.300 e. The monoisotopic (exact) mass is 296 g/mol. The van der Waals surface area contributed by atoms with Crippen molar-refractivity contribution in [3.63, 3.8) is 0 Å². The molecule has 0 saturated heterocycles. The van der Waals surface area contributed by atoms with Crippen LogP contribution in [-0.2, 0) is 4.74 Å². The van der Waals surface area contributed by atoms with Gasteiger partial charge in [0.1, 0.15) is 17.6 Å². The summed E-state index contributed by atoms with van der Waals surface area (Å²) in [5, 5.41) is 13.6. The van der Waals surface area contributed by atoms with E-state index in [0.29, 0.717) is 13.2 Å². The predicted molar refractivity (Wildman–Crippen MR) is 77.9 cm³/mol. The van der Waals surface area contributed by atoms with E-state index in [1.807, 2.05) is 13.8 Å². The fourth-order valence-corrected chi connectivity index (χ4v) is 1.67. The van der Waals surface area contributed by atoms with E-state index >= 15 is 0 Å². The number of carbonyl (C=O) groups excluding carboxylic acids is 1. The standard InChI is InChI=1S/C13H20N4O4/c1-13(2,4-5-21-3)8-16-12(18)9-6-11(14)15-7-10(9)17(19)20/h6-7H,4-5,8H2,1-3H3,(H2,14,15)(H,16,18). The van der Waals surface area contributed by atoms with Crippen LogP contribution in [0.4, 0.5) is 11.5 Å². The van der Waals surface area contributed by atoms with Crippen LogP contribution in [0.1, 0.15) is 30.6 Å². The molecule has 0 atom stereocenters. The van der Waals surface area contributed by atoms with Gasteiger partial charge in [0.25, 0.3) is 11.6 Å². The van der Waals surface area contributed by atoms with E-state index in [2.05, 4.69) is 10.3 Å². The van der Waals surface area contributed by atoms with Gasteiger partial charge < -0.3 is 15.8 Å². The van der Waals surface area contributed by atoms with E-state index in [9.17, 15) is 14.9 Å². The van der Waals surface area contributed by atoms with Gasteiger partial charge in [-0.2, -0.15) is 0 Å². The number of carbonyl (C=O) groups is 1. The number of amides is 1. The highest BCUT2D eigenvalue weighted by Crippen LogP contribution is 2.21. The summed E-state index contributed by atoms with van der Waals surface area (Å²) < 4.78 is 5.01. The predicted octanol–water partition coefficient (Wildman–Crippen LogP) is 1.36. The fraction of sp³-hybridized carbons (Fsp3) is 0.538. The van der Waals surface area contributed by atoms with E-state index < -0.39 is 10.8 Å². The van der Waals surface area contributed by atoms with Crippen molar-refractivity contribution < 1.29 is 14.5 Å². The largest absolute Gasteiger partial charge is 0.385 e. The zero-order valence-electron chi connectivity index (χ0n) is 12.4. The SMILES string of the molecule is COCCC(C)(C)CNC(=O)c1cc(N)ncc1[N+](=O)[O-]. The highest BCUT2D eigenvalue weighted by atomic mass is 16.6. The molecule has 116 valence electrons. The number of ether oxygens (including phenoxy) is 1. The van der Waals surface area contributed by atoms with Gasteiger partial charge in [0.05, 0.1) is 4.92 Å². The second-order valence-corrected chi connectivity index (χ2v) is 5.47. The van der Waals surface area contributed by atoms with Gasteiger partial charge in [0, 0.05) is 20.3 Å². The highest BCUT2D eigenvalue weighted by Gasteiger charge is 2.24. The molecule has 1 aromatic rings. The van der Waals surface area contributed by atoms with Crippen molar-refractivity contribution in [1.82, 2.24) is 10.3 Å². The third kappa shape index (κ3) is 4.99. The lowest BCUT2D eigenvalue weighted by molar-refractivity contribution is -0.385. The van der Waals surface area contributed by atoms with E-state index in [1.165, 1.54) is 6.07 Å². The lowest BCUT2D eigenvalue weighted by atomic mass is 9.89. The van der Waals surface area contributed by atoms with Gasteiger partial charge in [-0.1, -0.05) is 13.8 Å². The number of nitrogen functional groups attached to an aromatic ring is 1.